The van der Waals surface area contributed by atoms with E-state index in [-0.39, 0.29) is 29.6 Å². The molecule has 0 bridgehead atoms. The van der Waals surface area contributed by atoms with E-state index >= 15 is 0 Å². The normalized spacial score (nSPS) is 28.7. The number of epoxide rings is 1. The van der Waals surface area contributed by atoms with E-state index in [1.165, 1.54) is 17.1 Å². The van der Waals surface area contributed by atoms with Gasteiger partial charge in [-0.1, -0.05) is 13.8 Å². The fourth-order valence-electron chi connectivity index (χ4n) is 2.52. The maximum atomic E-state index is 11.5. The monoisotopic (exact) mass is 223 g/mol. The molecule has 2 aliphatic rings. The molecule has 0 spiro atoms. The summed E-state index contributed by atoms with van der Waals surface area (Å²) in [5, 5.41) is 0. The number of hydrogen-bond acceptors (Lipinski definition) is 3. The summed E-state index contributed by atoms with van der Waals surface area (Å²) < 4.78 is 5.70. The molecule has 0 saturated carbocycles. The third-order valence-electron chi connectivity index (χ3n) is 3.71. The zero-order chi connectivity index (χ0) is 11.9. The first-order valence-corrected chi connectivity index (χ1v) is 5.78. The molecule has 16 heavy (non-hydrogen) atoms. The molecule has 88 valence electrons. The van der Waals surface area contributed by atoms with Crippen LogP contribution in [0.25, 0.3) is 0 Å². The van der Waals surface area contributed by atoms with Crippen molar-refractivity contribution in [1.29, 1.82) is 0 Å². The predicted octanol–water partition coefficient (Wildman–Crippen LogP) is 1.26. The molecule has 1 saturated heterocycles. The molecule has 2 unspecified atom stereocenters. The van der Waals surface area contributed by atoms with Gasteiger partial charge >= 0.3 is 0 Å². The number of nitrogens with zero attached hydrogens (tertiary/aromatic N) is 1. The molecule has 2 atom stereocenters. The summed E-state index contributed by atoms with van der Waals surface area (Å²) in [6.07, 6.45) is 4.47. The van der Waals surface area contributed by atoms with Gasteiger partial charge in [0.05, 0.1) is 11.6 Å². The van der Waals surface area contributed by atoms with E-state index in [1.807, 2.05) is 6.92 Å². The molecule has 0 N–H and O–H groups in total. The smallest absolute Gasteiger partial charge is 0.253 e. The minimum absolute atomic E-state index is 0.00435. The number of ether oxygens (including phenoxy) is 1. The van der Waals surface area contributed by atoms with Crippen LogP contribution in [0.5, 0.6) is 0 Å². The first-order valence-electron chi connectivity index (χ1n) is 5.78. The van der Waals surface area contributed by atoms with E-state index in [9.17, 15) is 9.59 Å². The zero-order valence-corrected chi connectivity index (χ0v) is 9.90. The highest BCUT2D eigenvalue weighted by Gasteiger charge is 2.58. The van der Waals surface area contributed by atoms with Gasteiger partial charge in [-0.2, -0.15) is 0 Å². The summed E-state index contributed by atoms with van der Waals surface area (Å²) in [6, 6.07) is -0.171. The summed E-state index contributed by atoms with van der Waals surface area (Å²) in [5.74, 6) is -0.455. The zero-order valence-electron chi connectivity index (χ0n) is 9.90. The molecule has 4 nitrogen and oxygen atoms in total. The first kappa shape index (κ1) is 11.3. The lowest BCUT2D eigenvalue weighted by Gasteiger charge is -2.22. The molecule has 2 amide bonds. The van der Waals surface area contributed by atoms with Gasteiger partial charge in [-0.15, -0.1) is 0 Å². The molecule has 2 aliphatic heterocycles. The standard InChI is InChI=1S/C12H17NO3/c1-4-12(5-2)11(16-12)8(3)13-9(14)6-7-10(13)15/h6-8,11H,4-5H2,1-3H3. The Bertz CT molecular complexity index is 339. The Labute approximate surface area is 95.2 Å². The second kappa shape index (κ2) is 3.70. The highest BCUT2D eigenvalue weighted by atomic mass is 16.6. The van der Waals surface area contributed by atoms with Crippen LogP contribution < -0.4 is 0 Å². The Morgan fingerprint density at radius 1 is 1.31 bits per heavy atom. The van der Waals surface area contributed by atoms with E-state index in [2.05, 4.69) is 13.8 Å². The van der Waals surface area contributed by atoms with Crippen LogP contribution in [0.1, 0.15) is 33.6 Å². The van der Waals surface area contributed by atoms with Crippen molar-refractivity contribution >= 4 is 11.8 Å². The summed E-state index contributed by atoms with van der Waals surface area (Å²) in [7, 11) is 0. The molecular formula is C12H17NO3. The average molecular weight is 223 g/mol. The Kier molecular flexibility index (Phi) is 2.62. The van der Waals surface area contributed by atoms with Gasteiger partial charge < -0.3 is 4.74 Å². The minimum Gasteiger partial charge on any atom is -0.364 e. The first-order chi connectivity index (χ1) is 7.55. The summed E-state index contributed by atoms with van der Waals surface area (Å²) in [4.78, 5) is 24.3. The van der Waals surface area contributed by atoms with E-state index in [1.54, 1.807) is 0 Å². The third kappa shape index (κ3) is 1.48. The van der Waals surface area contributed by atoms with Crippen LogP contribution in [-0.4, -0.2) is 34.5 Å². The van der Waals surface area contributed by atoms with Crippen molar-refractivity contribution in [2.45, 2.75) is 51.4 Å². The number of carbonyl (C=O) groups excluding carboxylic acids is 2. The average Bonchev–Trinajstić information content (AvgIpc) is 2.93. The Hall–Kier alpha value is -1.16. The Morgan fingerprint density at radius 2 is 1.81 bits per heavy atom. The number of carbonyl (C=O) groups is 2. The largest absolute Gasteiger partial charge is 0.364 e. The lowest BCUT2D eigenvalue weighted by molar-refractivity contribution is -0.139. The second-order valence-electron chi connectivity index (χ2n) is 4.43. The van der Waals surface area contributed by atoms with Gasteiger partial charge in [0.15, 0.2) is 0 Å². The van der Waals surface area contributed by atoms with Crippen molar-refractivity contribution in [2.75, 3.05) is 0 Å². The van der Waals surface area contributed by atoms with Crippen LogP contribution >= 0.6 is 0 Å². The van der Waals surface area contributed by atoms with Gasteiger partial charge in [-0.05, 0) is 19.8 Å². The van der Waals surface area contributed by atoms with Gasteiger partial charge in [0, 0.05) is 12.2 Å². The fraction of sp³-hybridized carbons (Fsp3) is 0.667. The highest BCUT2D eigenvalue weighted by molar-refractivity contribution is 6.13. The molecule has 0 radical (unpaired) electrons. The Balaban J connectivity index is 2.08. The minimum atomic E-state index is -0.228. The van der Waals surface area contributed by atoms with E-state index in [4.69, 9.17) is 4.74 Å². The van der Waals surface area contributed by atoms with Crippen molar-refractivity contribution in [1.82, 2.24) is 4.90 Å². The molecule has 0 aromatic heterocycles. The molecule has 1 fully saturated rings. The molecule has 2 rings (SSSR count). The predicted molar refractivity (Wildman–Crippen MR) is 58.6 cm³/mol. The molecular weight excluding hydrogens is 206 g/mol. The van der Waals surface area contributed by atoms with Crippen LogP contribution in [0.3, 0.4) is 0 Å². The van der Waals surface area contributed by atoms with E-state index < -0.39 is 0 Å². The van der Waals surface area contributed by atoms with Gasteiger partial charge in [0.2, 0.25) is 0 Å². The number of hydrogen-bond donors (Lipinski definition) is 0. The quantitative estimate of drug-likeness (QED) is 0.532. The number of amides is 2. The second-order valence-corrected chi connectivity index (χ2v) is 4.43. The van der Waals surface area contributed by atoms with Crippen LogP contribution in [-0.2, 0) is 14.3 Å². The third-order valence-corrected chi connectivity index (χ3v) is 3.71. The molecule has 0 aromatic carbocycles. The van der Waals surface area contributed by atoms with Crippen LogP contribution in [0, 0.1) is 0 Å². The van der Waals surface area contributed by atoms with Crippen molar-refractivity contribution < 1.29 is 14.3 Å². The number of rotatable bonds is 4. The Morgan fingerprint density at radius 3 is 2.19 bits per heavy atom. The lowest BCUT2D eigenvalue weighted by atomic mass is 9.94. The van der Waals surface area contributed by atoms with Crippen molar-refractivity contribution in [3.8, 4) is 0 Å². The number of imide groups is 1. The summed E-state index contributed by atoms with van der Waals surface area (Å²) in [5.41, 5.74) is -0.122. The van der Waals surface area contributed by atoms with E-state index in [0.29, 0.717) is 0 Å². The summed E-state index contributed by atoms with van der Waals surface area (Å²) >= 11 is 0. The van der Waals surface area contributed by atoms with Gasteiger partial charge in [-0.25, -0.2) is 0 Å². The van der Waals surface area contributed by atoms with Crippen molar-refractivity contribution in [3.63, 3.8) is 0 Å². The SMILES string of the molecule is CCC1(CC)OC1C(C)N1C(=O)C=CC1=O. The molecule has 4 heteroatoms. The van der Waals surface area contributed by atoms with E-state index in [0.717, 1.165) is 12.8 Å². The fourth-order valence-corrected chi connectivity index (χ4v) is 2.52. The lowest BCUT2D eigenvalue weighted by Crippen LogP contribution is -2.43. The van der Waals surface area contributed by atoms with Gasteiger partial charge in [-0.3, -0.25) is 14.5 Å². The van der Waals surface area contributed by atoms with Crippen molar-refractivity contribution in [2.24, 2.45) is 0 Å². The topological polar surface area (TPSA) is 49.9 Å². The highest BCUT2D eigenvalue weighted by Crippen LogP contribution is 2.45. The van der Waals surface area contributed by atoms with Crippen molar-refractivity contribution in [3.05, 3.63) is 12.2 Å². The summed E-state index contributed by atoms with van der Waals surface area (Å²) in [6.45, 7) is 6.02. The van der Waals surface area contributed by atoms with Crippen LogP contribution in [0.15, 0.2) is 12.2 Å². The molecule has 0 aromatic rings. The molecule has 0 aliphatic carbocycles. The molecule has 2 heterocycles. The van der Waals surface area contributed by atoms with Gasteiger partial charge in [0.1, 0.15) is 6.10 Å². The maximum absolute atomic E-state index is 11.5. The maximum Gasteiger partial charge on any atom is 0.253 e. The van der Waals surface area contributed by atoms with Crippen LogP contribution in [0.4, 0.5) is 0 Å². The van der Waals surface area contributed by atoms with Gasteiger partial charge in [0.25, 0.3) is 11.8 Å². The van der Waals surface area contributed by atoms with Crippen LogP contribution in [0.2, 0.25) is 0 Å².